The van der Waals surface area contributed by atoms with Crippen molar-refractivity contribution in [3.8, 4) is 0 Å². The van der Waals surface area contributed by atoms with Crippen LogP contribution >= 0.6 is 0 Å². The fourth-order valence-electron chi connectivity index (χ4n) is 3.90. The van der Waals surface area contributed by atoms with Crippen molar-refractivity contribution in [2.24, 2.45) is 13.0 Å². The first-order valence-corrected chi connectivity index (χ1v) is 9.53. The van der Waals surface area contributed by atoms with Crippen LogP contribution in [0, 0.1) is 5.92 Å². The minimum atomic E-state index is -3.39. The van der Waals surface area contributed by atoms with Gasteiger partial charge >= 0.3 is 0 Å². The Kier molecular flexibility index (Phi) is 4.36. The Hall–Kier alpha value is -0.880. The van der Waals surface area contributed by atoms with Crippen LogP contribution in [0.1, 0.15) is 51.4 Å². The molecule has 3 rings (SSSR count). The second kappa shape index (κ2) is 6.08. The Labute approximate surface area is 127 Å². The van der Waals surface area contributed by atoms with Gasteiger partial charge in [-0.25, -0.2) is 8.42 Å². The predicted octanol–water partition coefficient (Wildman–Crippen LogP) is 2.54. The molecule has 2 aliphatic rings. The van der Waals surface area contributed by atoms with Crippen molar-refractivity contribution in [1.82, 2.24) is 14.1 Å². The summed E-state index contributed by atoms with van der Waals surface area (Å²) in [6.45, 7) is 0.658. The monoisotopic (exact) mass is 311 g/mol. The van der Waals surface area contributed by atoms with E-state index in [1.807, 2.05) is 0 Å². The van der Waals surface area contributed by atoms with Crippen LogP contribution in [0.2, 0.25) is 0 Å². The Morgan fingerprint density at radius 3 is 2.62 bits per heavy atom. The van der Waals surface area contributed by atoms with Crippen molar-refractivity contribution in [3.05, 3.63) is 12.3 Å². The molecule has 1 saturated carbocycles. The van der Waals surface area contributed by atoms with Crippen molar-refractivity contribution in [2.75, 3.05) is 6.54 Å². The van der Waals surface area contributed by atoms with Gasteiger partial charge in [-0.05, 0) is 31.2 Å². The number of nitrogens with zero attached hydrogens (tertiary/aromatic N) is 3. The first-order chi connectivity index (χ1) is 10.1. The fraction of sp³-hybridized carbons (Fsp3) is 0.800. The van der Waals surface area contributed by atoms with E-state index in [-0.39, 0.29) is 6.04 Å². The Balaban J connectivity index is 1.75. The molecule has 1 aliphatic heterocycles. The minimum Gasteiger partial charge on any atom is -0.256 e. The van der Waals surface area contributed by atoms with Gasteiger partial charge in [0.05, 0.1) is 6.20 Å². The third-order valence-corrected chi connectivity index (χ3v) is 7.03. The van der Waals surface area contributed by atoms with Gasteiger partial charge in [0.1, 0.15) is 0 Å². The van der Waals surface area contributed by atoms with Crippen LogP contribution in [0.15, 0.2) is 17.3 Å². The molecule has 118 valence electrons. The molecule has 1 unspecified atom stereocenters. The van der Waals surface area contributed by atoms with Gasteiger partial charge in [0, 0.05) is 19.6 Å². The molecule has 0 N–H and O–H groups in total. The van der Waals surface area contributed by atoms with Gasteiger partial charge in [0.25, 0.3) is 10.0 Å². The van der Waals surface area contributed by atoms with Crippen molar-refractivity contribution in [1.29, 1.82) is 0 Å². The van der Waals surface area contributed by atoms with E-state index in [1.165, 1.54) is 36.8 Å². The van der Waals surface area contributed by atoms with Crippen molar-refractivity contribution < 1.29 is 8.42 Å². The smallest absolute Gasteiger partial charge is 0.256 e. The van der Waals surface area contributed by atoms with E-state index in [4.69, 9.17) is 0 Å². The van der Waals surface area contributed by atoms with Gasteiger partial charge in [-0.1, -0.05) is 32.1 Å². The first-order valence-electron chi connectivity index (χ1n) is 8.09. The van der Waals surface area contributed by atoms with E-state index in [1.54, 1.807) is 23.6 Å². The molecule has 1 atom stereocenters. The van der Waals surface area contributed by atoms with Crippen LogP contribution in [-0.4, -0.2) is 35.1 Å². The van der Waals surface area contributed by atoms with Gasteiger partial charge < -0.3 is 0 Å². The van der Waals surface area contributed by atoms with Crippen LogP contribution in [0.5, 0.6) is 0 Å². The fourth-order valence-corrected chi connectivity index (χ4v) is 5.71. The molecule has 0 bridgehead atoms. The van der Waals surface area contributed by atoms with Gasteiger partial charge in [-0.3, -0.25) is 4.68 Å². The molecule has 6 heteroatoms. The summed E-state index contributed by atoms with van der Waals surface area (Å²) in [5.41, 5.74) is 0. The van der Waals surface area contributed by atoms with Crippen molar-refractivity contribution >= 4 is 10.0 Å². The summed E-state index contributed by atoms with van der Waals surface area (Å²) >= 11 is 0. The van der Waals surface area contributed by atoms with Crippen LogP contribution in [-0.2, 0) is 17.1 Å². The molecule has 5 nitrogen and oxygen atoms in total. The lowest BCUT2D eigenvalue weighted by Gasteiger charge is -2.29. The van der Waals surface area contributed by atoms with E-state index in [2.05, 4.69) is 5.10 Å². The Morgan fingerprint density at radius 1 is 1.19 bits per heavy atom. The lowest BCUT2D eigenvalue weighted by atomic mass is 9.84. The lowest BCUT2D eigenvalue weighted by Crippen LogP contribution is -2.37. The highest BCUT2D eigenvalue weighted by Crippen LogP contribution is 2.34. The van der Waals surface area contributed by atoms with E-state index in [0.717, 1.165) is 19.3 Å². The second-order valence-corrected chi connectivity index (χ2v) is 8.28. The highest BCUT2D eigenvalue weighted by Gasteiger charge is 2.37. The van der Waals surface area contributed by atoms with Crippen LogP contribution < -0.4 is 0 Å². The van der Waals surface area contributed by atoms with Gasteiger partial charge in [0.15, 0.2) is 5.03 Å². The molecule has 2 heterocycles. The zero-order valence-corrected chi connectivity index (χ0v) is 13.6. The highest BCUT2D eigenvalue weighted by atomic mass is 32.2. The Bertz CT molecular complexity index is 575. The van der Waals surface area contributed by atoms with Crippen LogP contribution in [0.25, 0.3) is 0 Å². The summed E-state index contributed by atoms with van der Waals surface area (Å²) in [5.74, 6) is 0.714. The standard InChI is InChI=1S/C15H25N3O2S/c1-17-15(9-10-16-17)21(19,20)18-11-5-8-14(18)12-13-6-3-2-4-7-13/h9-10,13-14H,2-8,11-12H2,1H3. The van der Waals surface area contributed by atoms with E-state index >= 15 is 0 Å². The number of aromatic nitrogens is 2. The topological polar surface area (TPSA) is 55.2 Å². The summed E-state index contributed by atoms with van der Waals surface area (Å²) in [7, 11) is -1.70. The molecule has 21 heavy (non-hydrogen) atoms. The molecule has 1 saturated heterocycles. The third-order valence-electron chi connectivity index (χ3n) is 5.00. The molecule has 1 aromatic heterocycles. The van der Waals surface area contributed by atoms with Gasteiger partial charge in [0.2, 0.25) is 0 Å². The molecule has 2 fully saturated rings. The molecule has 0 amide bonds. The normalized spacial score (nSPS) is 25.5. The first kappa shape index (κ1) is 15.0. The minimum absolute atomic E-state index is 0.188. The van der Waals surface area contributed by atoms with Crippen LogP contribution in [0.4, 0.5) is 0 Å². The Morgan fingerprint density at radius 2 is 1.95 bits per heavy atom. The summed E-state index contributed by atoms with van der Waals surface area (Å²) in [5, 5.41) is 4.32. The molecule has 0 aromatic carbocycles. The lowest BCUT2D eigenvalue weighted by molar-refractivity contribution is 0.266. The predicted molar refractivity (Wildman–Crippen MR) is 81.3 cm³/mol. The second-order valence-electron chi connectivity index (χ2n) is 6.44. The number of aryl methyl sites for hydroxylation is 1. The van der Waals surface area contributed by atoms with Crippen LogP contribution in [0.3, 0.4) is 0 Å². The number of hydrogen-bond acceptors (Lipinski definition) is 3. The summed E-state index contributed by atoms with van der Waals surface area (Å²) in [6.07, 6.45) is 11.1. The molecule has 1 aliphatic carbocycles. The van der Waals surface area contributed by atoms with Crippen molar-refractivity contribution in [2.45, 2.75) is 62.4 Å². The SMILES string of the molecule is Cn1nccc1S(=O)(=O)N1CCCC1CC1CCCCC1. The molecule has 0 spiro atoms. The maximum absolute atomic E-state index is 12.8. The maximum atomic E-state index is 12.8. The third kappa shape index (κ3) is 3.01. The number of sulfonamides is 1. The number of rotatable bonds is 4. The van der Waals surface area contributed by atoms with E-state index < -0.39 is 10.0 Å². The average molecular weight is 311 g/mol. The summed E-state index contributed by atoms with van der Waals surface area (Å²) < 4.78 is 28.9. The zero-order chi connectivity index (χ0) is 14.9. The molecular formula is C15H25N3O2S. The quantitative estimate of drug-likeness (QED) is 0.858. The van der Waals surface area contributed by atoms with Gasteiger partial charge in [-0.2, -0.15) is 9.40 Å². The summed E-state index contributed by atoms with van der Waals surface area (Å²) in [6, 6.07) is 1.79. The zero-order valence-electron chi connectivity index (χ0n) is 12.7. The highest BCUT2D eigenvalue weighted by molar-refractivity contribution is 7.89. The average Bonchev–Trinajstić information content (AvgIpc) is 3.09. The molecule has 1 aromatic rings. The number of hydrogen-bond donors (Lipinski definition) is 0. The largest absolute Gasteiger partial charge is 0.260 e. The van der Waals surface area contributed by atoms with E-state index in [9.17, 15) is 8.42 Å². The van der Waals surface area contributed by atoms with Gasteiger partial charge in [-0.15, -0.1) is 0 Å². The molecular weight excluding hydrogens is 286 g/mol. The van der Waals surface area contributed by atoms with Crippen molar-refractivity contribution in [3.63, 3.8) is 0 Å². The summed E-state index contributed by atoms with van der Waals surface area (Å²) in [4.78, 5) is 0. The van der Waals surface area contributed by atoms with E-state index in [0.29, 0.717) is 17.5 Å². The maximum Gasteiger partial charge on any atom is 0.260 e. The molecule has 0 radical (unpaired) electrons.